The van der Waals surface area contributed by atoms with Crippen LogP contribution in [0.4, 0.5) is 0 Å². The molecular weight excluding hydrogens is 294 g/mol. The molecule has 1 atom stereocenters. The van der Waals surface area contributed by atoms with Crippen molar-refractivity contribution in [2.45, 2.75) is 51.7 Å². The molecule has 22 heavy (non-hydrogen) atoms. The van der Waals surface area contributed by atoms with Gasteiger partial charge in [0.1, 0.15) is 0 Å². The number of amides is 1. The van der Waals surface area contributed by atoms with E-state index in [0.29, 0.717) is 11.7 Å². The molecule has 0 fully saturated rings. The van der Waals surface area contributed by atoms with Crippen molar-refractivity contribution in [3.63, 3.8) is 0 Å². The Morgan fingerprint density at radius 3 is 2.82 bits per heavy atom. The summed E-state index contributed by atoms with van der Waals surface area (Å²) in [5, 5.41) is 3.84. The molecule has 1 aromatic carbocycles. The maximum absolute atomic E-state index is 12.0. The first-order valence-electron chi connectivity index (χ1n) is 7.82. The first-order valence-corrected chi connectivity index (χ1v) is 8.81. The largest absolute Gasteiger partial charge is 0.353 e. The summed E-state index contributed by atoms with van der Waals surface area (Å²) < 4.78 is 0. The van der Waals surface area contributed by atoms with Crippen LogP contribution < -0.4 is 5.32 Å². The minimum atomic E-state index is 0.0675. The van der Waals surface area contributed by atoms with Gasteiger partial charge in [0.15, 0.2) is 5.16 Å². The summed E-state index contributed by atoms with van der Waals surface area (Å²) in [6, 6.07) is 6.34. The molecule has 5 heteroatoms. The molecule has 2 rings (SSSR count). The molecule has 1 heterocycles. The Morgan fingerprint density at radius 2 is 2.09 bits per heavy atom. The molecule has 2 aromatic rings. The number of carbonyl (C=O) groups is 1. The molecule has 0 aliphatic rings. The fourth-order valence-corrected chi connectivity index (χ4v) is 2.97. The van der Waals surface area contributed by atoms with Crippen molar-refractivity contribution in [3.05, 3.63) is 23.8 Å². The van der Waals surface area contributed by atoms with E-state index in [-0.39, 0.29) is 11.9 Å². The number of aromatic amines is 1. The minimum Gasteiger partial charge on any atom is -0.353 e. The molecule has 1 aromatic heterocycles. The van der Waals surface area contributed by atoms with Crippen LogP contribution in [0.1, 0.15) is 39.2 Å². The average molecular weight is 319 g/mol. The fraction of sp³-hybridized carbons (Fsp3) is 0.529. The highest BCUT2D eigenvalue weighted by Gasteiger charge is 2.10. The third kappa shape index (κ3) is 5.05. The van der Waals surface area contributed by atoms with E-state index in [1.54, 1.807) is 0 Å². The molecule has 0 unspecified atom stereocenters. The summed E-state index contributed by atoms with van der Waals surface area (Å²) >= 11 is 1.45. The third-order valence-electron chi connectivity index (χ3n) is 3.54. The van der Waals surface area contributed by atoms with E-state index in [1.165, 1.54) is 17.3 Å². The number of hydrogen-bond acceptors (Lipinski definition) is 3. The Balaban J connectivity index is 1.82. The number of imidazole rings is 1. The van der Waals surface area contributed by atoms with Gasteiger partial charge < -0.3 is 10.3 Å². The van der Waals surface area contributed by atoms with Crippen LogP contribution in [0, 0.1) is 12.8 Å². The highest BCUT2D eigenvalue weighted by atomic mass is 32.2. The van der Waals surface area contributed by atoms with Gasteiger partial charge in [-0.25, -0.2) is 4.98 Å². The second kappa shape index (κ2) is 7.68. The maximum Gasteiger partial charge on any atom is 0.230 e. The summed E-state index contributed by atoms with van der Waals surface area (Å²) in [6.45, 7) is 8.52. The van der Waals surface area contributed by atoms with Crippen LogP contribution in [-0.2, 0) is 4.79 Å². The Kier molecular flexibility index (Phi) is 5.89. The molecule has 0 saturated heterocycles. The molecular formula is C17H25N3OS. The molecule has 0 radical (unpaired) electrons. The molecule has 0 spiro atoms. The Hall–Kier alpha value is -1.49. The SMILES string of the molecule is Cc1ccc2nc(SCC(=O)N[C@@H](C)CCC(C)C)[nH]c2c1. The van der Waals surface area contributed by atoms with Gasteiger partial charge in [-0.05, 0) is 50.3 Å². The van der Waals surface area contributed by atoms with Crippen molar-refractivity contribution in [2.75, 3.05) is 5.75 Å². The number of nitrogens with one attached hydrogen (secondary N) is 2. The third-order valence-corrected chi connectivity index (χ3v) is 4.41. The van der Waals surface area contributed by atoms with E-state index in [0.717, 1.165) is 29.0 Å². The van der Waals surface area contributed by atoms with E-state index in [4.69, 9.17) is 0 Å². The van der Waals surface area contributed by atoms with Gasteiger partial charge >= 0.3 is 0 Å². The first kappa shape index (κ1) is 16.9. The zero-order chi connectivity index (χ0) is 16.1. The van der Waals surface area contributed by atoms with Gasteiger partial charge in [0, 0.05) is 6.04 Å². The van der Waals surface area contributed by atoms with Crippen molar-refractivity contribution in [2.24, 2.45) is 5.92 Å². The van der Waals surface area contributed by atoms with Crippen LogP contribution in [0.25, 0.3) is 11.0 Å². The number of thioether (sulfide) groups is 1. The van der Waals surface area contributed by atoms with Crippen molar-refractivity contribution in [3.8, 4) is 0 Å². The van der Waals surface area contributed by atoms with Crippen LogP contribution in [0.5, 0.6) is 0 Å². The molecule has 0 aliphatic heterocycles. The van der Waals surface area contributed by atoms with Gasteiger partial charge in [0.05, 0.1) is 16.8 Å². The quantitative estimate of drug-likeness (QED) is 0.761. The summed E-state index contributed by atoms with van der Waals surface area (Å²) in [4.78, 5) is 19.7. The van der Waals surface area contributed by atoms with Crippen molar-refractivity contribution < 1.29 is 4.79 Å². The number of rotatable bonds is 7. The van der Waals surface area contributed by atoms with Gasteiger partial charge in [-0.15, -0.1) is 0 Å². The number of benzene rings is 1. The zero-order valence-corrected chi connectivity index (χ0v) is 14.6. The van der Waals surface area contributed by atoms with Gasteiger partial charge in [0.25, 0.3) is 0 Å². The molecule has 0 saturated carbocycles. The summed E-state index contributed by atoms with van der Waals surface area (Å²) in [6.07, 6.45) is 2.16. The smallest absolute Gasteiger partial charge is 0.230 e. The highest BCUT2D eigenvalue weighted by Crippen LogP contribution is 2.20. The van der Waals surface area contributed by atoms with Crippen molar-refractivity contribution in [1.82, 2.24) is 15.3 Å². The van der Waals surface area contributed by atoms with E-state index in [1.807, 2.05) is 12.1 Å². The summed E-state index contributed by atoms with van der Waals surface area (Å²) in [7, 11) is 0. The number of hydrogen-bond donors (Lipinski definition) is 2. The normalized spacial score (nSPS) is 12.8. The van der Waals surface area contributed by atoms with E-state index in [9.17, 15) is 4.79 Å². The van der Waals surface area contributed by atoms with Crippen molar-refractivity contribution in [1.29, 1.82) is 0 Å². The highest BCUT2D eigenvalue weighted by molar-refractivity contribution is 7.99. The summed E-state index contributed by atoms with van der Waals surface area (Å²) in [5.41, 5.74) is 3.16. The predicted molar refractivity (Wildman–Crippen MR) is 93.2 cm³/mol. The lowest BCUT2D eigenvalue weighted by atomic mass is 10.0. The van der Waals surface area contributed by atoms with E-state index < -0.39 is 0 Å². The van der Waals surface area contributed by atoms with Crippen LogP contribution in [0.3, 0.4) is 0 Å². The molecule has 120 valence electrons. The number of fused-ring (bicyclic) bond motifs is 1. The van der Waals surface area contributed by atoms with Gasteiger partial charge in [-0.3, -0.25) is 4.79 Å². The predicted octanol–water partition coefficient (Wildman–Crippen LogP) is 3.90. The van der Waals surface area contributed by atoms with E-state index >= 15 is 0 Å². The topological polar surface area (TPSA) is 57.8 Å². The van der Waals surface area contributed by atoms with Crippen LogP contribution >= 0.6 is 11.8 Å². The second-order valence-electron chi connectivity index (χ2n) is 6.29. The molecule has 0 aliphatic carbocycles. The zero-order valence-electron chi connectivity index (χ0n) is 13.8. The number of aromatic nitrogens is 2. The lowest BCUT2D eigenvalue weighted by Gasteiger charge is -2.14. The standard InChI is InChI=1S/C17H25N3OS/c1-11(2)5-7-13(4)18-16(21)10-22-17-19-14-8-6-12(3)9-15(14)20-17/h6,8-9,11,13H,5,7,10H2,1-4H3,(H,18,21)(H,19,20)/t13-/m0/s1. The monoisotopic (exact) mass is 319 g/mol. The van der Waals surface area contributed by atoms with Crippen LogP contribution in [0.15, 0.2) is 23.4 Å². The number of nitrogens with zero attached hydrogens (tertiary/aromatic N) is 1. The van der Waals surface area contributed by atoms with Crippen molar-refractivity contribution >= 4 is 28.7 Å². The van der Waals surface area contributed by atoms with Gasteiger partial charge in [-0.2, -0.15) is 0 Å². The molecule has 0 bridgehead atoms. The second-order valence-corrected chi connectivity index (χ2v) is 7.26. The molecule has 1 amide bonds. The first-order chi connectivity index (χ1) is 10.4. The Morgan fingerprint density at radius 1 is 1.32 bits per heavy atom. The van der Waals surface area contributed by atoms with Gasteiger partial charge in [-0.1, -0.05) is 31.7 Å². The lowest BCUT2D eigenvalue weighted by molar-refractivity contribution is -0.119. The maximum atomic E-state index is 12.0. The minimum absolute atomic E-state index is 0.0675. The van der Waals surface area contributed by atoms with E-state index in [2.05, 4.69) is 49.0 Å². The number of aryl methyl sites for hydroxylation is 1. The van der Waals surface area contributed by atoms with Crippen LogP contribution in [-0.4, -0.2) is 27.7 Å². The van der Waals surface area contributed by atoms with Crippen LogP contribution in [0.2, 0.25) is 0 Å². The number of H-pyrrole nitrogens is 1. The molecule has 2 N–H and O–H groups in total. The lowest BCUT2D eigenvalue weighted by Crippen LogP contribution is -2.34. The molecule has 4 nitrogen and oxygen atoms in total. The Labute approximate surface area is 136 Å². The summed E-state index contributed by atoms with van der Waals surface area (Å²) in [5.74, 6) is 1.13. The fourth-order valence-electron chi connectivity index (χ4n) is 2.27. The number of carbonyl (C=O) groups excluding carboxylic acids is 1. The van der Waals surface area contributed by atoms with Gasteiger partial charge in [0.2, 0.25) is 5.91 Å². The average Bonchev–Trinajstić information content (AvgIpc) is 2.85. The Bertz CT molecular complexity index is 636.